The average molecular weight is 264 g/mol. The molecule has 0 bridgehead atoms. The molecule has 1 aromatic heterocycles. The molecule has 0 radical (unpaired) electrons. The Hall–Kier alpha value is -1.32. The zero-order chi connectivity index (χ0) is 14.6. The molecule has 0 amide bonds. The molecule has 1 aromatic rings. The zero-order valence-electron chi connectivity index (χ0n) is 13.4. The van der Waals surface area contributed by atoms with Gasteiger partial charge in [-0.15, -0.1) is 0 Å². The van der Waals surface area contributed by atoms with Crippen molar-refractivity contribution in [2.75, 3.05) is 24.2 Å². The average Bonchev–Trinajstić information content (AvgIpc) is 2.37. The van der Waals surface area contributed by atoms with Gasteiger partial charge in [-0.05, 0) is 18.3 Å². The molecular weight excluding hydrogens is 236 g/mol. The first-order valence-electron chi connectivity index (χ1n) is 7.11. The molecular formula is C15H28N4. The number of aryl methyl sites for hydroxylation is 1. The maximum atomic E-state index is 4.60. The Morgan fingerprint density at radius 1 is 1.16 bits per heavy atom. The quantitative estimate of drug-likeness (QED) is 0.826. The lowest BCUT2D eigenvalue weighted by molar-refractivity contribution is 0.269. The van der Waals surface area contributed by atoms with E-state index in [1.807, 2.05) is 7.05 Å². The van der Waals surface area contributed by atoms with Gasteiger partial charge in [0.1, 0.15) is 17.5 Å². The molecule has 19 heavy (non-hydrogen) atoms. The highest BCUT2D eigenvalue weighted by molar-refractivity contribution is 5.57. The van der Waals surface area contributed by atoms with Crippen molar-refractivity contribution in [2.24, 2.45) is 11.3 Å². The number of hydrogen-bond acceptors (Lipinski definition) is 4. The lowest BCUT2D eigenvalue weighted by atomic mass is 9.81. The Kier molecular flexibility index (Phi) is 5.15. The van der Waals surface area contributed by atoms with Gasteiger partial charge in [-0.2, -0.15) is 0 Å². The monoisotopic (exact) mass is 264 g/mol. The predicted octanol–water partition coefficient (Wildman–Crippen LogP) is 3.48. The van der Waals surface area contributed by atoms with Gasteiger partial charge in [-0.25, -0.2) is 9.97 Å². The summed E-state index contributed by atoms with van der Waals surface area (Å²) in [4.78, 5) is 9.09. The number of anilines is 2. The van der Waals surface area contributed by atoms with Gasteiger partial charge in [0.2, 0.25) is 0 Å². The van der Waals surface area contributed by atoms with Crippen LogP contribution in [0.15, 0.2) is 0 Å². The van der Waals surface area contributed by atoms with E-state index >= 15 is 0 Å². The zero-order valence-corrected chi connectivity index (χ0v) is 13.4. The number of nitrogens with zero attached hydrogens (tertiary/aromatic N) is 2. The van der Waals surface area contributed by atoms with E-state index in [-0.39, 0.29) is 5.41 Å². The summed E-state index contributed by atoms with van der Waals surface area (Å²) in [5.74, 6) is 3.36. The molecule has 0 atom stereocenters. The summed E-state index contributed by atoms with van der Waals surface area (Å²) < 4.78 is 0. The van der Waals surface area contributed by atoms with Gasteiger partial charge >= 0.3 is 0 Å². The van der Waals surface area contributed by atoms with Gasteiger partial charge in [0.15, 0.2) is 0 Å². The van der Waals surface area contributed by atoms with E-state index in [2.05, 4.69) is 62.1 Å². The van der Waals surface area contributed by atoms with E-state index in [1.165, 1.54) is 0 Å². The van der Waals surface area contributed by atoms with Crippen LogP contribution in [0.1, 0.15) is 46.0 Å². The van der Waals surface area contributed by atoms with E-state index in [4.69, 9.17) is 0 Å². The van der Waals surface area contributed by atoms with Crippen LogP contribution < -0.4 is 10.6 Å². The summed E-state index contributed by atoms with van der Waals surface area (Å²) in [6.07, 6.45) is 0.844. The molecule has 108 valence electrons. The normalized spacial score (nSPS) is 11.8. The Balaban J connectivity index is 2.94. The van der Waals surface area contributed by atoms with Crippen molar-refractivity contribution in [3.8, 4) is 0 Å². The molecule has 0 unspecified atom stereocenters. The van der Waals surface area contributed by atoms with E-state index in [0.29, 0.717) is 5.92 Å². The molecule has 0 spiro atoms. The summed E-state index contributed by atoms with van der Waals surface area (Å²) in [7, 11) is 1.90. The Labute approximate surface area is 117 Å². The van der Waals surface area contributed by atoms with Gasteiger partial charge in [0, 0.05) is 25.6 Å². The van der Waals surface area contributed by atoms with Crippen LogP contribution in [0.2, 0.25) is 0 Å². The summed E-state index contributed by atoms with van der Waals surface area (Å²) in [6.45, 7) is 14.1. The van der Waals surface area contributed by atoms with Crippen molar-refractivity contribution < 1.29 is 0 Å². The summed E-state index contributed by atoms with van der Waals surface area (Å²) >= 11 is 0. The minimum atomic E-state index is 0.240. The van der Waals surface area contributed by atoms with Crippen molar-refractivity contribution >= 4 is 11.6 Å². The lowest BCUT2D eigenvalue weighted by Gasteiger charge is -2.30. The highest BCUT2D eigenvalue weighted by Crippen LogP contribution is 2.27. The Morgan fingerprint density at radius 2 is 1.74 bits per heavy atom. The maximum Gasteiger partial charge on any atom is 0.134 e. The van der Waals surface area contributed by atoms with E-state index in [9.17, 15) is 0 Å². The van der Waals surface area contributed by atoms with Crippen LogP contribution in [-0.2, 0) is 6.42 Å². The first-order valence-corrected chi connectivity index (χ1v) is 7.11. The number of hydrogen-bond donors (Lipinski definition) is 2. The Bertz CT molecular complexity index is 424. The lowest BCUT2D eigenvalue weighted by Crippen LogP contribution is -2.29. The summed E-state index contributed by atoms with van der Waals surface area (Å²) in [5.41, 5.74) is 1.32. The fraction of sp³-hybridized carbons (Fsp3) is 0.733. The second-order valence-corrected chi connectivity index (χ2v) is 6.06. The van der Waals surface area contributed by atoms with E-state index < -0.39 is 0 Å². The van der Waals surface area contributed by atoms with Crippen LogP contribution in [0.5, 0.6) is 0 Å². The highest BCUT2D eigenvalue weighted by Gasteiger charge is 2.22. The van der Waals surface area contributed by atoms with Crippen molar-refractivity contribution in [3.63, 3.8) is 0 Å². The van der Waals surface area contributed by atoms with E-state index in [0.717, 1.165) is 36.0 Å². The minimum absolute atomic E-state index is 0.240. The van der Waals surface area contributed by atoms with Crippen LogP contribution in [0, 0.1) is 18.3 Å². The van der Waals surface area contributed by atoms with Crippen LogP contribution in [0.4, 0.5) is 11.6 Å². The fourth-order valence-corrected chi connectivity index (χ4v) is 1.65. The van der Waals surface area contributed by atoms with Crippen LogP contribution in [0.25, 0.3) is 0 Å². The maximum absolute atomic E-state index is 4.60. The van der Waals surface area contributed by atoms with Gasteiger partial charge in [0.25, 0.3) is 0 Å². The minimum Gasteiger partial charge on any atom is -0.373 e. The smallest absolute Gasteiger partial charge is 0.134 e. The van der Waals surface area contributed by atoms with Gasteiger partial charge in [-0.3, -0.25) is 0 Å². The molecule has 4 heteroatoms. The molecule has 2 N–H and O–H groups in total. The largest absolute Gasteiger partial charge is 0.373 e. The van der Waals surface area contributed by atoms with Crippen molar-refractivity contribution in [2.45, 2.75) is 48.0 Å². The Morgan fingerprint density at radius 3 is 2.21 bits per heavy atom. The number of aromatic nitrogens is 2. The summed E-state index contributed by atoms with van der Waals surface area (Å²) in [5, 5.41) is 6.63. The first-order chi connectivity index (χ1) is 8.81. The second-order valence-electron chi connectivity index (χ2n) is 6.06. The van der Waals surface area contributed by atoms with Crippen molar-refractivity contribution in [1.82, 2.24) is 9.97 Å². The molecule has 0 aliphatic carbocycles. The highest BCUT2D eigenvalue weighted by atomic mass is 15.1. The van der Waals surface area contributed by atoms with Crippen LogP contribution in [0.3, 0.4) is 0 Å². The van der Waals surface area contributed by atoms with Crippen LogP contribution >= 0.6 is 0 Å². The second kappa shape index (κ2) is 6.22. The SMILES string of the molecule is CCc1nc(NC)c(C)c(NCC(C)(C)C(C)C)n1. The van der Waals surface area contributed by atoms with Gasteiger partial charge in [0.05, 0.1) is 0 Å². The predicted molar refractivity (Wildman–Crippen MR) is 82.8 cm³/mol. The van der Waals surface area contributed by atoms with Crippen molar-refractivity contribution in [3.05, 3.63) is 11.4 Å². The number of nitrogens with one attached hydrogen (secondary N) is 2. The topological polar surface area (TPSA) is 49.8 Å². The third kappa shape index (κ3) is 3.82. The molecule has 0 aromatic carbocycles. The number of rotatable bonds is 6. The molecule has 0 fully saturated rings. The van der Waals surface area contributed by atoms with Crippen LogP contribution in [-0.4, -0.2) is 23.6 Å². The first kappa shape index (κ1) is 15.7. The summed E-state index contributed by atoms with van der Waals surface area (Å²) in [6, 6.07) is 0. The molecule has 1 rings (SSSR count). The third-order valence-electron chi connectivity index (χ3n) is 4.02. The molecule has 4 nitrogen and oxygen atoms in total. The van der Waals surface area contributed by atoms with Gasteiger partial charge < -0.3 is 10.6 Å². The molecule has 0 aliphatic heterocycles. The molecule has 0 saturated carbocycles. The van der Waals surface area contributed by atoms with Crippen molar-refractivity contribution in [1.29, 1.82) is 0 Å². The molecule has 0 aliphatic rings. The fourth-order valence-electron chi connectivity index (χ4n) is 1.65. The third-order valence-corrected chi connectivity index (χ3v) is 4.02. The molecule has 0 saturated heterocycles. The van der Waals surface area contributed by atoms with Gasteiger partial charge in [-0.1, -0.05) is 34.6 Å². The van der Waals surface area contributed by atoms with E-state index in [1.54, 1.807) is 0 Å². The standard InChI is InChI=1S/C15H28N4/c1-8-12-18-13(16-7)11(4)14(19-12)17-9-15(5,6)10(2)3/h10H,8-9H2,1-7H3,(H2,16,17,18,19). The molecule has 1 heterocycles.